The molecule has 0 atom stereocenters. The van der Waals surface area contributed by atoms with Crippen LogP contribution in [0.15, 0.2) is 42.7 Å². The number of carbonyl (C=O) groups is 2. The Morgan fingerprint density at radius 3 is 2.45 bits per heavy atom. The van der Waals surface area contributed by atoms with Gasteiger partial charge in [0.1, 0.15) is 29.7 Å². The molecule has 3 heterocycles. The fourth-order valence-corrected chi connectivity index (χ4v) is 3.82. The third-order valence-corrected chi connectivity index (χ3v) is 5.66. The van der Waals surface area contributed by atoms with Crippen LogP contribution in [0.25, 0.3) is 11.4 Å². The van der Waals surface area contributed by atoms with Gasteiger partial charge in [0.2, 0.25) is 5.91 Å². The van der Waals surface area contributed by atoms with Crippen LogP contribution in [0.4, 0.5) is 8.78 Å². The minimum Gasteiger partial charge on any atom is -0.487 e. The van der Waals surface area contributed by atoms with Crippen LogP contribution in [-0.4, -0.2) is 46.5 Å². The SMILES string of the molecule is COC(=O)c1cc(-c2ncc(C3CN(C(C)=O)C3)cc2OCc2cc(F)cc(F)c2)n(C)c1. The normalized spacial score (nSPS) is 13.5. The number of pyridine rings is 1. The molecule has 1 aromatic carbocycles. The van der Waals surface area contributed by atoms with Gasteiger partial charge in [-0.15, -0.1) is 0 Å². The number of nitrogens with zero attached hydrogens (tertiary/aromatic N) is 3. The first-order valence-corrected chi connectivity index (χ1v) is 10.3. The van der Waals surface area contributed by atoms with Crippen LogP contribution in [0, 0.1) is 11.6 Å². The zero-order valence-corrected chi connectivity index (χ0v) is 18.5. The number of aryl methyl sites for hydroxylation is 1. The number of hydrogen-bond acceptors (Lipinski definition) is 5. The number of rotatable bonds is 6. The van der Waals surface area contributed by atoms with Gasteiger partial charge < -0.3 is 18.9 Å². The maximum atomic E-state index is 13.6. The Labute approximate surface area is 189 Å². The number of likely N-dealkylation sites (tertiary alicyclic amines) is 1. The van der Waals surface area contributed by atoms with Crippen LogP contribution in [0.1, 0.15) is 34.3 Å². The van der Waals surface area contributed by atoms with E-state index in [2.05, 4.69) is 4.98 Å². The van der Waals surface area contributed by atoms with E-state index in [-0.39, 0.29) is 18.4 Å². The second-order valence-electron chi connectivity index (χ2n) is 8.02. The third-order valence-electron chi connectivity index (χ3n) is 5.66. The molecule has 2 aromatic heterocycles. The Balaban J connectivity index is 1.67. The number of esters is 1. The van der Waals surface area contributed by atoms with Gasteiger partial charge in [0.25, 0.3) is 0 Å². The van der Waals surface area contributed by atoms with Gasteiger partial charge in [-0.3, -0.25) is 9.78 Å². The van der Waals surface area contributed by atoms with Crippen molar-refractivity contribution < 1.29 is 27.8 Å². The number of aromatic nitrogens is 2. The predicted molar refractivity (Wildman–Crippen MR) is 116 cm³/mol. The first-order valence-electron chi connectivity index (χ1n) is 10.3. The minimum atomic E-state index is -0.690. The van der Waals surface area contributed by atoms with Crippen LogP contribution in [0.5, 0.6) is 5.75 Å². The summed E-state index contributed by atoms with van der Waals surface area (Å²) in [6, 6.07) is 6.67. The molecule has 7 nitrogen and oxygen atoms in total. The molecule has 0 radical (unpaired) electrons. The summed E-state index contributed by atoms with van der Waals surface area (Å²) in [4.78, 5) is 29.8. The van der Waals surface area contributed by atoms with Gasteiger partial charge >= 0.3 is 5.97 Å². The quantitative estimate of drug-likeness (QED) is 0.531. The summed E-state index contributed by atoms with van der Waals surface area (Å²) in [5.74, 6) is -1.33. The second-order valence-corrected chi connectivity index (χ2v) is 8.02. The summed E-state index contributed by atoms with van der Waals surface area (Å²) in [5.41, 5.74) is 2.66. The van der Waals surface area contributed by atoms with Crippen molar-refractivity contribution >= 4 is 11.9 Å². The molecule has 1 saturated heterocycles. The molecule has 0 N–H and O–H groups in total. The van der Waals surface area contributed by atoms with Gasteiger partial charge in [-0.05, 0) is 35.4 Å². The molecule has 1 aliphatic rings. The maximum absolute atomic E-state index is 13.6. The largest absolute Gasteiger partial charge is 0.487 e. The van der Waals surface area contributed by atoms with Crippen molar-refractivity contribution in [1.82, 2.24) is 14.5 Å². The van der Waals surface area contributed by atoms with Gasteiger partial charge in [0.05, 0.1) is 18.4 Å². The Hall–Kier alpha value is -3.75. The van der Waals surface area contributed by atoms with Gasteiger partial charge in [0, 0.05) is 51.4 Å². The van der Waals surface area contributed by atoms with E-state index in [1.54, 1.807) is 35.0 Å². The fraction of sp³-hybridized carbons (Fsp3) is 0.292. The van der Waals surface area contributed by atoms with Gasteiger partial charge in [-0.25, -0.2) is 13.6 Å². The van der Waals surface area contributed by atoms with E-state index in [9.17, 15) is 18.4 Å². The molecule has 4 rings (SSSR count). The second kappa shape index (κ2) is 9.01. The lowest BCUT2D eigenvalue weighted by Gasteiger charge is -2.38. The summed E-state index contributed by atoms with van der Waals surface area (Å²) in [5, 5.41) is 0. The minimum absolute atomic E-state index is 0.0135. The molecule has 33 heavy (non-hydrogen) atoms. The number of halogens is 2. The van der Waals surface area contributed by atoms with Crippen LogP contribution in [-0.2, 0) is 23.2 Å². The average Bonchev–Trinajstić information content (AvgIpc) is 3.11. The first kappa shape index (κ1) is 22.4. The van der Waals surface area contributed by atoms with E-state index >= 15 is 0 Å². The van der Waals surface area contributed by atoms with Gasteiger partial charge in [-0.2, -0.15) is 0 Å². The zero-order chi connectivity index (χ0) is 23.7. The third kappa shape index (κ3) is 4.72. The monoisotopic (exact) mass is 455 g/mol. The molecule has 172 valence electrons. The Morgan fingerprint density at radius 2 is 1.82 bits per heavy atom. The van der Waals surface area contributed by atoms with Crippen molar-refractivity contribution in [1.29, 1.82) is 0 Å². The smallest absolute Gasteiger partial charge is 0.339 e. The Morgan fingerprint density at radius 1 is 1.12 bits per heavy atom. The first-order chi connectivity index (χ1) is 15.7. The summed E-state index contributed by atoms with van der Waals surface area (Å²) in [6.07, 6.45) is 3.34. The Bertz CT molecular complexity index is 1200. The van der Waals surface area contributed by atoms with Crippen molar-refractivity contribution in [3.05, 3.63) is 71.1 Å². The summed E-state index contributed by atoms with van der Waals surface area (Å²) in [6.45, 7) is 2.62. The highest BCUT2D eigenvalue weighted by Crippen LogP contribution is 2.35. The van der Waals surface area contributed by atoms with E-state index in [1.165, 1.54) is 26.2 Å². The lowest BCUT2D eigenvalue weighted by molar-refractivity contribution is -0.133. The molecule has 1 amide bonds. The molecule has 1 fully saturated rings. The molecule has 0 aliphatic carbocycles. The van der Waals surface area contributed by atoms with Crippen LogP contribution in [0.3, 0.4) is 0 Å². The highest BCUT2D eigenvalue weighted by atomic mass is 19.1. The van der Waals surface area contributed by atoms with Crippen molar-refractivity contribution in [2.75, 3.05) is 20.2 Å². The van der Waals surface area contributed by atoms with Crippen LogP contribution >= 0.6 is 0 Å². The van der Waals surface area contributed by atoms with E-state index in [0.29, 0.717) is 41.4 Å². The fourth-order valence-electron chi connectivity index (χ4n) is 3.82. The topological polar surface area (TPSA) is 73.7 Å². The lowest BCUT2D eigenvalue weighted by Crippen LogP contribution is -2.47. The highest BCUT2D eigenvalue weighted by Gasteiger charge is 2.31. The van der Waals surface area contributed by atoms with E-state index in [4.69, 9.17) is 9.47 Å². The molecule has 9 heteroatoms. The van der Waals surface area contributed by atoms with Crippen LogP contribution in [0.2, 0.25) is 0 Å². The molecule has 1 aliphatic heterocycles. The number of ether oxygens (including phenoxy) is 2. The van der Waals surface area contributed by atoms with Crippen LogP contribution < -0.4 is 4.74 Å². The standard InChI is InChI=1S/C24H23F2N3O4/c1-14(30)29-11-18(12-29)16-7-22(33-13-15-4-19(25)8-20(26)5-15)23(27-9-16)21-6-17(10-28(21)2)24(31)32-3/h4-10,18H,11-13H2,1-3H3. The average molecular weight is 455 g/mol. The molecule has 0 unspecified atom stereocenters. The summed E-state index contributed by atoms with van der Waals surface area (Å²) < 4.78 is 39.7. The van der Waals surface area contributed by atoms with Crippen molar-refractivity contribution in [2.45, 2.75) is 19.4 Å². The highest BCUT2D eigenvalue weighted by molar-refractivity contribution is 5.91. The van der Waals surface area contributed by atoms with E-state index < -0.39 is 17.6 Å². The molecule has 0 bridgehead atoms. The zero-order valence-electron chi connectivity index (χ0n) is 18.5. The molecule has 0 saturated carbocycles. The Kier molecular flexibility index (Phi) is 6.13. The number of amides is 1. The summed E-state index contributed by atoms with van der Waals surface area (Å²) in [7, 11) is 3.07. The summed E-state index contributed by atoms with van der Waals surface area (Å²) >= 11 is 0. The molecule has 0 spiro atoms. The van der Waals surface area contributed by atoms with Crippen molar-refractivity contribution in [3.63, 3.8) is 0 Å². The van der Waals surface area contributed by atoms with Crippen molar-refractivity contribution in [2.24, 2.45) is 7.05 Å². The molecule has 3 aromatic rings. The molecular weight excluding hydrogens is 432 g/mol. The maximum Gasteiger partial charge on any atom is 0.339 e. The number of benzene rings is 1. The molecular formula is C24H23F2N3O4. The predicted octanol–water partition coefficient (Wildman–Crippen LogP) is 3.68. The van der Waals surface area contributed by atoms with E-state index in [1.807, 2.05) is 6.07 Å². The number of methoxy groups -OCH3 is 1. The lowest BCUT2D eigenvalue weighted by atomic mass is 9.92. The number of carbonyl (C=O) groups excluding carboxylic acids is 2. The number of hydrogen-bond donors (Lipinski definition) is 0. The van der Waals surface area contributed by atoms with Gasteiger partial charge in [-0.1, -0.05) is 0 Å². The van der Waals surface area contributed by atoms with E-state index in [0.717, 1.165) is 11.6 Å². The van der Waals surface area contributed by atoms with Gasteiger partial charge in [0.15, 0.2) is 0 Å². The van der Waals surface area contributed by atoms with Crippen molar-refractivity contribution in [3.8, 4) is 17.1 Å².